The quantitative estimate of drug-likeness (QED) is 0.366. The standard InChI is InChI=1S/C27H24ClFN4O2/c1-33-15-14-30-26(33)25(19-10-7-11-20(29)16-19)32-24(34)17-23(18-8-3-2-4-9-18)31-27(35)21-12-5-6-13-22(21)28/h2-16,23,25H,17H2,1H3,(H,31,35)(H,32,34)/t23-,25+/m1/s1. The van der Waals surface area contributed by atoms with Gasteiger partial charge in [-0.3, -0.25) is 9.59 Å². The Bertz CT molecular complexity index is 1330. The highest BCUT2D eigenvalue weighted by Gasteiger charge is 2.25. The van der Waals surface area contributed by atoms with E-state index in [2.05, 4.69) is 15.6 Å². The van der Waals surface area contributed by atoms with Gasteiger partial charge >= 0.3 is 0 Å². The molecule has 0 radical (unpaired) electrons. The number of aromatic nitrogens is 2. The van der Waals surface area contributed by atoms with E-state index in [1.54, 1.807) is 60.4 Å². The molecule has 3 aromatic carbocycles. The molecular weight excluding hydrogens is 467 g/mol. The number of amides is 2. The van der Waals surface area contributed by atoms with Gasteiger partial charge < -0.3 is 15.2 Å². The van der Waals surface area contributed by atoms with Crippen LogP contribution in [0.1, 0.15) is 45.8 Å². The number of aryl methyl sites for hydroxylation is 1. The molecule has 0 unspecified atom stereocenters. The fourth-order valence-corrected chi connectivity index (χ4v) is 4.08. The van der Waals surface area contributed by atoms with Crippen LogP contribution in [-0.2, 0) is 11.8 Å². The molecule has 0 saturated heterocycles. The Balaban J connectivity index is 1.58. The van der Waals surface area contributed by atoms with E-state index in [1.807, 2.05) is 30.3 Å². The molecule has 178 valence electrons. The number of halogens is 2. The first-order valence-corrected chi connectivity index (χ1v) is 11.4. The molecule has 4 aromatic rings. The van der Waals surface area contributed by atoms with Crippen LogP contribution >= 0.6 is 11.6 Å². The zero-order valence-corrected chi connectivity index (χ0v) is 19.7. The molecule has 0 bridgehead atoms. The van der Waals surface area contributed by atoms with Gasteiger partial charge in [0.1, 0.15) is 17.7 Å². The van der Waals surface area contributed by atoms with Gasteiger partial charge in [0.15, 0.2) is 0 Å². The van der Waals surface area contributed by atoms with Gasteiger partial charge in [-0.25, -0.2) is 9.37 Å². The first kappa shape index (κ1) is 24.2. The van der Waals surface area contributed by atoms with Gasteiger partial charge in [0.25, 0.3) is 5.91 Å². The van der Waals surface area contributed by atoms with Gasteiger partial charge in [0, 0.05) is 19.4 Å². The van der Waals surface area contributed by atoms with Crippen molar-refractivity contribution in [3.8, 4) is 0 Å². The van der Waals surface area contributed by atoms with Crippen molar-refractivity contribution < 1.29 is 14.0 Å². The molecule has 2 atom stereocenters. The van der Waals surface area contributed by atoms with Crippen LogP contribution in [-0.4, -0.2) is 21.4 Å². The monoisotopic (exact) mass is 490 g/mol. The molecule has 0 saturated carbocycles. The van der Waals surface area contributed by atoms with Crippen molar-refractivity contribution in [2.24, 2.45) is 7.05 Å². The van der Waals surface area contributed by atoms with E-state index in [-0.39, 0.29) is 18.2 Å². The van der Waals surface area contributed by atoms with E-state index >= 15 is 0 Å². The maximum absolute atomic E-state index is 14.0. The first-order valence-electron chi connectivity index (χ1n) is 11.0. The maximum atomic E-state index is 14.0. The summed E-state index contributed by atoms with van der Waals surface area (Å²) in [5.74, 6) is -0.580. The Morgan fingerprint density at radius 2 is 1.69 bits per heavy atom. The Hall–Kier alpha value is -3.97. The summed E-state index contributed by atoms with van der Waals surface area (Å²) in [6.07, 6.45) is 3.32. The second kappa shape index (κ2) is 11.0. The number of rotatable bonds is 8. The van der Waals surface area contributed by atoms with Crippen LogP contribution in [0.3, 0.4) is 0 Å². The molecule has 0 fully saturated rings. The van der Waals surface area contributed by atoms with Crippen molar-refractivity contribution in [3.63, 3.8) is 0 Å². The highest BCUT2D eigenvalue weighted by atomic mass is 35.5. The van der Waals surface area contributed by atoms with Crippen LogP contribution in [0.2, 0.25) is 5.02 Å². The van der Waals surface area contributed by atoms with Crippen molar-refractivity contribution in [2.45, 2.75) is 18.5 Å². The molecule has 0 aliphatic heterocycles. The summed E-state index contributed by atoms with van der Waals surface area (Å²) < 4.78 is 15.7. The van der Waals surface area contributed by atoms with Crippen molar-refractivity contribution in [3.05, 3.63) is 125 Å². The Kier molecular flexibility index (Phi) is 7.57. The normalized spacial score (nSPS) is 12.5. The van der Waals surface area contributed by atoms with E-state index in [0.29, 0.717) is 22.0 Å². The van der Waals surface area contributed by atoms with Crippen LogP contribution in [0.25, 0.3) is 0 Å². The zero-order valence-electron chi connectivity index (χ0n) is 19.0. The molecule has 2 amide bonds. The Labute approximate surface area is 207 Å². The van der Waals surface area contributed by atoms with Crippen molar-refractivity contribution in [2.75, 3.05) is 0 Å². The summed E-state index contributed by atoms with van der Waals surface area (Å²) >= 11 is 6.20. The Morgan fingerprint density at radius 3 is 2.37 bits per heavy atom. The fraction of sp³-hybridized carbons (Fsp3) is 0.148. The lowest BCUT2D eigenvalue weighted by atomic mass is 10.0. The summed E-state index contributed by atoms with van der Waals surface area (Å²) in [6, 6.07) is 20.7. The molecule has 0 spiro atoms. The third-order valence-corrected chi connectivity index (χ3v) is 5.95. The minimum Gasteiger partial charge on any atom is -0.345 e. The predicted molar refractivity (Wildman–Crippen MR) is 132 cm³/mol. The van der Waals surface area contributed by atoms with E-state index in [1.165, 1.54) is 12.1 Å². The van der Waals surface area contributed by atoms with Crippen LogP contribution in [0.5, 0.6) is 0 Å². The van der Waals surface area contributed by atoms with E-state index < -0.39 is 17.9 Å². The van der Waals surface area contributed by atoms with Crippen molar-refractivity contribution >= 4 is 23.4 Å². The SMILES string of the molecule is Cn1ccnc1[C@@H](NC(=O)C[C@@H](NC(=O)c1ccccc1Cl)c1ccccc1)c1cccc(F)c1. The van der Waals surface area contributed by atoms with Gasteiger partial charge in [0.2, 0.25) is 5.91 Å². The smallest absolute Gasteiger partial charge is 0.253 e. The number of benzene rings is 3. The van der Waals surface area contributed by atoms with E-state index in [9.17, 15) is 14.0 Å². The second-order valence-corrected chi connectivity index (χ2v) is 8.48. The van der Waals surface area contributed by atoms with Gasteiger partial charge in [-0.1, -0.05) is 66.2 Å². The molecule has 0 aliphatic rings. The molecular formula is C27H24ClFN4O2. The topological polar surface area (TPSA) is 76.0 Å². The fourth-order valence-electron chi connectivity index (χ4n) is 3.86. The largest absolute Gasteiger partial charge is 0.345 e. The van der Waals surface area contributed by atoms with Crippen LogP contribution in [0.4, 0.5) is 4.39 Å². The first-order chi connectivity index (χ1) is 16.9. The Morgan fingerprint density at radius 1 is 0.971 bits per heavy atom. The van der Waals surface area contributed by atoms with Gasteiger partial charge in [-0.2, -0.15) is 0 Å². The second-order valence-electron chi connectivity index (χ2n) is 8.07. The summed E-state index contributed by atoms with van der Waals surface area (Å²) in [6.45, 7) is 0. The van der Waals surface area contributed by atoms with Crippen LogP contribution in [0.15, 0.2) is 91.3 Å². The number of imidazole rings is 1. The number of hydrogen-bond acceptors (Lipinski definition) is 3. The third-order valence-electron chi connectivity index (χ3n) is 5.62. The summed E-state index contributed by atoms with van der Waals surface area (Å²) in [5, 5.41) is 6.21. The van der Waals surface area contributed by atoms with E-state index in [4.69, 9.17) is 11.6 Å². The lowest BCUT2D eigenvalue weighted by molar-refractivity contribution is -0.122. The third kappa shape index (κ3) is 5.94. The highest BCUT2D eigenvalue weighted by molar-refractivity contribution is 6.33. The molecule has 0 aliphatic carbocycles. The molecule has 1 heterocycles. The van der Waals surface area contributed by atoms with Gasteiger partial charge in [-0.05, 0) is 35.4 Å². The van der Waals surface area contributed by atoms with Crippen LogP contribution < -0.4 is 10.6 Å². The summed E-state index contributed by atoms with van der Waals surface area (Å²) in [4.78, 5) is 30.6. The minimum absolute atomic E-state index is 0.0452. The number of carbonyl (C=O) groups is 2. The lowest BCUT2D eigenvalue weighted by Gasteiger charge is -2.23. The molecule has 4 rings (SSSR count). The molecule has 8 heteroatoms. The zero-order chi connectivity index (χ0) is 24.8. The molecule has 2 N–H and O–H groups in total. The highest BCUT2D eigenvalue weighted by Crippen LogP contribution is 2.24. The predicted octanol–water partition coefficient (Wildman–Crippen LogP) is 4.98. The van der Waals surface area contributed by atoms with Crippen molar-refractivity contribution in [1.82, 2.24) is 20.2 Å². The van der Waals surface area contributed by atoms with Crippen molar-refractivity contribution in [1.29, 1.82) is 0 Å². The maximum Gasteiger partial charge on any atom is 0.253 e. The van der Waals surface area contributed by atoms with E-state index in [0.717, 1.165) is 5.56 Å². The van der Waals surface area contributed by atoms with Gasteiger partial charge in [-0.15, -0.1) is 0 Å². The minimum atomic E-state index is -0.672. The van der Waals surface area contributed by atoms with Gasteiger partial charge in [0.05, 0.1) is 23.0 Å². The molecule has 35 heavy (non-hydrogen) atoms. The number of nitrogens with one attached hydrogen (secondary N) is 2. The number of carbonyl (C=O) groups excluding carboxylic acids is 2. The molecule has 6 nitrogen and oxygen atoms in total. The van der Waals surface area contributed by atoms with Crippen LogP contribution in [0, 0.1) is 5.82 Å². The summed E-state index contributed by atoms with van der Waals surface area (Å²) in [5.41, 5.74) is 1.65. The average Bonchev–Trinajstić information content (AvgIpc) is 3.28. The summed E-state index contributed by atoms with van der Waals surface area (Å²) in [7, 11) is 1.80. The number of nitrogens with zero attached hydrogens (tertiary/aromatic N) is 2. The lowest BCUT2D eigenvalue weighted by Crippen LogP contribution is -2.36. The average molecular weight is 491 g/mol. The molecule has 1 aromatic heterocycles. The number of hydrogen-bond donors (Lipinski definition) is 2.